The highest BCUT2D eigenvalue weighted by molar-refractivity contribution is 6.02. The lowest BCUT2D eigenvalue weighted by atomic mass is 10.0. The second kappa shape index (κ2) is 7.44. The van der Waals surface area contributed by atoms with Crippen LogP contribution < -0.4 is 0 Å². The number of nitrogens with zero attached hydrogens (tertiary/aromatic N) is 4. The minimum Gasteiger partial charge on any atom is -0.503 e. The molecule has 0 fully saturated rings. The molecule has 0 saturated heterocycles. The van der Waals surface area contributed by atoms with Crippen molar-refractivity contribution in [1.29, 1.82) is 0 Å². The van der Waals surface area contributed by atoms with Crippen molar-refractivity contribution >= 4 is 10.9 Å². The Morgan fingerprint density at radius 3 is 2.57 bits per heavy atom. The average molecular weight is 399 g/mol. The number of H-pyrrole nitrogens is 1. The van der Waals surface area contributed by atoms with Gasteiger partial charge in [0.25, 0.3) is 0 Å². The Hall–Kier alpha value is -4.00. The fourth-order valence-corrected chi connectivity index (χ4v) is 3.98. The monoisotopic (exact) mass is 399 g/mol. The minimum absolute atomic E-state index is 0.116. The van der Waals surface area contributed by atoms with Gasteiger partial charge in [0.15, 0.2) is 5.75 Å². The van der Waals surface area contributed by atoms with E-state index in [0.717, 1.165) is 40.7 Å². The first kappa shape index (κ1) is 18.1. The summed E-state index contributed by atoms with van der Waals surface area (Å²) in [6, 6.07) is 11.7. The zero-order valence-electron chi connectivity index (χ0n) is 16.2. The molecular formula is C23H21N5O2. The molecule has 5 rings (SSSR count). The van der Waals surface area contributed by atoms with Crippen molar-refractivity contribution in [3.8, 4) is 34.0 Å². The van der Waals surface area contributed by atoms with Crippen molar-refractivity contribution in [2.45, 2.75) is 19.5 Å². The number of aromatic hydroxyl groups is 2. The van der Waals surface area contributed by atoms with Gasteiger partial charge in [0.05, 0.1) is 17.6 Å². The van der Waals surface area contributed by atoms with E-state index in [4.69, 9.17) is 0 Å². The number of aromatic nitrogens is 5. The first-order chi connectivity index (χ1) is 14.7. The predicted molar refractivity (Wildman–Crippen MR) is 115 cm³/mol. The Kier molecular flexibility index (Phi) is 4.48. The van der Waals surface area contributed by atoms with Gasteiger partial charge >= 0.3 is 0 Å². The van der Waals surface area contributed by atoms with Crippen LogP contribution in [-0.4, -0.2) is 34.3 Å². The van der Waals surface area contributed by atoms with Crippen molar-refractivity contribution in [3.63, 3.8) is 0 Å². The second-order valence-corrected chi connectivity index (χ2v) is 7.19. The molecule has 0 aliphatic heterocycles. The standard InChI is InChI=1S/C23H21N5O2/c29-22-20(18-14-26-19-5-2-1-4-17(18)19)21(16-6-8-24-9-7-16)28(23(22)30)12-3-11-27-13-10-25-15-27/h1-2,4-10,13-15,26,29-30H,3,11-12H2. The summed E-state index contributed by atoms with van der Waals surface area (Å²) in [5, 5.41) is 22.8. The molecule has 3 N–H and O–H groups in total. The smallest absolute Gasteiger partial charge is 0.235 e. The number of aryl methyl sites for hydroxylation is 1. The fourth-order valence-electron chi connectivity index (χ4n) is 3.98. The van der Waals surface area contributed by atoms with Crippen molar-refractivity contribution < 1.29 is 10.2 Å². The lowest BCUT2D eigenvalue weighted by Gasteiger charge is -2.12. The molecule has 0 aliphatic carbocycles. The molecule has 30 heavy (non-hydrogen) atoms. The lowest BCUT2D eigenvalue weighted by Crippen LogP contribution is -2.04. The number of pyridine rings is 1. The van der Waals surface area contributed by atoms with Gasteiger partial charge in [-0.25, -0.2) is 4.98 Å². The largest absolute Gasteiger partial charge is 0.503 e. The SMILES string of the molecule is Oc1c(-c2c[nH]c3ccccc23)c(-c2ccncc2)n(CCCn2ccnc2)c1O. The summed E-state index contributed by atoms with van der Waals surface area (Å²) in [6.45, 7) is 1.30. The van der Waals surface area contributed by atoms with E-state index in [-0.39, 0.29) is 11.6 Å². The molecule has 0 spiro atoms. The summed E-state index contributed by atoms with van der Waals surface area (Å²) >= 11 is 0. The van der Waals surface area contributed by atoms with Crippen LogP contribution in [0.5, 0.6) is 11.6 Å². The van der Waals surface area contributed by atoms with Crippen LogP contribution >= 0.6 is 0 Å². The van der Waals surface area contributed by atoms with Gasteiger partial charge in [0, 0.05) is 66.1 Å². The summed E-state index contributed by atoms with van der Waals surface area (Å²) in [7, 11) is 0. The van der Waals surface area contributed by atoms with Gasteiger partial charge in [-0.05, 0) is 24.6 Å². The van der Waals surface area contributed by atoms with Gasteiger partial charge in [0.1, 0.15) is 0 Å². The van der Waals surface area contributed by atoms with Crippen molar-refractivity contribution in [1.82, 2.24) is 24.1 Å². The number of para-hydroxylation sites is 1. The van der Waals surface area contributed by atoms with Gasteiger partial charge in [-0.15, -0.1) is 0 Å². The van der Waals surface area contributed by atoms with Crippen LogP contribution in [0.2, 0.25) is 0 Å². The predicted octanol–water partition coefficient (Wildman–Crippen LogP) is 4.40. The van der Waals surface area contributed by atoms with E-state index in [1.54, 1.807) is 29.5 Å². The lowest BCUT2D eigenvalue weighted by molar-refractivity contribution is 0.369. The normalized spacial score (nSPS) is 11.3. The molecule has 7 nitrogen and oxygen atoms in total. The first-order valence-electron chi connectivity index (χ1n) is 9.81. The molecule has 0 bridgehead atoms. The average Bonchev–Trinajstić information content (AvgIpc) is 3.50. The molecule has 4 aromatic heterocycles. The highest BCUT2D eigenvalue weighted by Crippen LogP contribution is 2.48. The van der Waals surface area contributed by atoms with Crippen LogP contribution in [-0.2, 0) is 13.1 Å². The Bertz CT molecular complexity index is 1290. The third kappa shape index (κ3) is 3.00. The molecule has 0 radical (unpaired) electrons. The molecule has 4 heterocycles. The summed E-state index contributed by atoms with van der Waals surface area (Å²) in [5.74, 6) is -0.248. The third-order valence-corrected chi connectivity index (χ3v) is 5.38. The van der Waals surface area contributed by atoms with E-state index in [1.807, 2.05) is 53.4 Å². The number of aromatic amines is 1. The zero-order valence-corrected chi connectivity index (χ0v) is 16.2. The number of rotatable bonds is 6. The van der Waals surface area contributed by atoms with Crippen LogP contribution in [0, 0.1) is 0 Å². The van der Waals surface area contributed by atoms with Crippen LogP contribution in [0.15, 0.2) is 73.7 Å². The van der Waals surface area contributed by atoms with Crippen LogP contribution in [0.25, 0.3) is 33.3 Å². The summed E-state index contributed by atoms with van der Waals surface area (Å²) < 4.78 is 3.77. The zero-order chi connectivity index (χ0) is 20.5. The van der Waals surface area contributed by atoms with Crippen molar-refractivity contribution in [2.24, 2.45) is 0 Å². The highest BCUT2D eigenvalue weighted by Gasteiger charge is 2.26. The molecule has 0 atom stereocenters. The number of hydrogen-bond acceptors (Lipinski definition) is 4. The molecule has 1 aromatic carbocycles. The topological polar surface area (TPSA) is 91.9 Å². The molecular weight excluding hydrogens is 378 g/mol. The van der Waals surface area contributed by atoms with Crippen LogP contribution in [0.3, 0.4) is 0 Å². The van der Waals surface area contributed by atoms with E-state index in [9.17, 15) is 10.2 Å². The maximum absolute atomic E-state index is 11.0. The fraction of sp³-hybridized carbons (Fsp3) is 0.130. The maximum Gasteiger partial charge on any atom is 0.235 e. The number of fused-ring (bicyclic) bond motifs is 1. The van der Waals surface area contributed by atoms with Crippen molar-refractivity contribution in [2.75, 3.05) is 0 Å². The van der Waals surface area contributed by atoms with E-state index in [1.165, 1.54) is 0 Å². The molecule has 7 heteroatoms. The molecule has 5 aromatic rings. The van der Waals surface area contributed by atoms with Gasteiger partial charge in [-0.2, -0.15) is 0 Å². The Balaban J connectivity index is 1.65. The molecule has 0 aliphatic rings. The number of hydrogen-bond donors (Lipinski definition) is 3. The highest BCUT2D eigenvalue weighted by atomic mass is 16.3. The quantitative estimate of drug-likeness (QED) is 0.395. The Morgan fingerprint density at radius 1 is 0.933 bits per heavy atom. The van der Waals surface area contributed by atoms with Gasteiger partial charge < -0.3 is 24.3 Å². The third-order valence-electron chi connectivity index (χ3n) is 5.38. The number of benzene rings is 1. The van der Waals surface area contributed by atoms with E-state index in [2.05, 4.69) is 15.0 Å². The second-order valence-electron chi connectivity index (χ2n) is 7.19. The van der Waals surface area contributed by atoms with E-state index in [0.29, 0.717) is 12.1 Å². The van der Waals surface area contributed by atoms with Gasteiger partial charge in [-0.1, -0.05) is 18.2 Å². The number of nitrogens with one attached hydrogen (secondary N) is 1. The molecule has 0 saturated carbocycles. The molecule has 0 unspecified atom stereocenters. The molecule has 150 valence electrons. The van der Waals surface area contributed by atoms with Crippen LogP contribution in [0.1, 0.15) is 6.42 Å². The van der Waals surface area contributed by atoms with E-state index < -0.39 is 0 Å². The van der Waals surface area contributed by atoms with Gasteiger partial charge in [-0.3, -0.25) is 4.98 Å². The summed E-state index contributed by atoms with van der Waals surface area (Å²) in [6.07, 6.45) is 11.5. The molecule has 0 amide bonds. The summed E-state index contributed by atoms with van der Waals surface area (Å²) in [5.41, 5.74) is 4.07. The maximum atomic E-state index is 11.0. The summed E-state index contributed by atoms with van der Waals surface area (Å²) in [4.78, 5) is 11.4. The first-order valence-corrected chi connectivity index (χ1v) is 9.81. The van der Waals surface area contributed by atoms with Gasteiger partial charge in [0.2, 0.25) is 5.88 Å². The minimum atomic E-state index is -0.132. The van der Waals surface area contributed by atoms with E-state index >= 15 is 0 Å². The van der Waals surface area contributed by atoms with Crippen molar-refractivity contribution in [3.05, 3.63) is 73.7 Å². The number of imidazole rings is 1. The Morgan fingerprint density at radius 2 is 1.77 bits per heavy atom. The van der Waals surface area contributed by atoms with Crippen LogP contribution in [0.4, 0.5) is 0 Å². The Labute approximate surface area is 172 Å².